The molecule has 0 aliphatic heterocycles. The van der Waals surface area contributed by atoms with Crippen molar-refractivity contribution in [3.8, 4) is 17.2 Å². The smallest absolute Gasteiger partial charge is 0.343 e. The Morgan fingerprint density at radius 3 is 1.89 bits per heavy atom. The number of rotatable bonds is 6. The zero-order valence-corrected chi connectivity index (χ0v) is 15.0. The molecular weight excluding hydrogens is 344 g/mol. The first kappa shape index (κ1) is 18.2. The van der Waals surface area contributed by atoms with Gasteiger partial charge in [0.05, 0.1) is 19.8 Å². The van der Waals surface area contributed by atoms with Crippen LogP contribution in [0, 0.1) is 0 Å². The SMILES string of the molecule is COc1ccc(C(=O)Oc2ccc(C(=O)c3ccccc3)cc2)cc1OC. The summed E-state index contributed by atoms with van der Waals surface area (Å²) in [5.41, 5.74) is 1.46. The zero-order chi connectivity index (χ0) is 19.2. The molecule has 0 saturated carbocycles. The van der Waals surface area contributed by atoms with Crippen LogP contribution >= 0.6 is 0 Å². The summed E-state index contributed by atoms with van der Waals surface area (Å²) in [4.78, 5) is 24.7. The molecule has 0 bridgehead atoms. The molecule has 0 aromatic heterocycles. The van der Waals surface area contributed by atoms with Crippen molar-refractivity contribution in [1.82, 2.24) is 0 Å². The number of carbonyl (C=O) groups is 2. The quantitative estimate of drug-likeness (QED) is 0.374. The van der Waals surface area contributed by atoms with Crippen molar-refractivity contribution in [3.05, 3.63) is 89.5 Å². The van der Waals surface area contributed by atoms with Crippen LogP contribution < -0.4 is 14.2 Å². The van der Waals surface area contributed by atoms with Crippen molar-refractivity contribution in [1.29, 1.82) is 0 Å². The van der Waals surface area contributed by atoms with Crippen LogP contribution in [0.4, 0.5) is 0 Å². The first-order valence-corrected chi connectivity index (χ1v) is 8.26. The van der Waals surface area contributed by atoms with Crippen LogP contribution in [0.3, 0.4) is 0 Å². The predicted molar refractivity (Wildman–Crippen MR) is 101 cm³/mol. The van der Waals surface area contributed by atoms with Gasteiger partial charge in [-0.25, -0.2) is 4.79 Å². The Hall–Kier alpha value is -3.60. The lowest BCUT2D eigenvalue weighted by Crippen LogP contribution is -2.09. The maximum absolute atomic E-state index is 12.4. The van der Waals surface area contributed by atoms with E-state index in [4.69, 9.17) is 14.2 Å². The van der Waals surface area contributed by atoms with E-state index in [0.29, 0.717) is 33.9 Å². The highest BCUT2D eigenvalue weighted by Crippen LogP contribution is 2.28. The summed E-state index contributed by atoms with van der Waals surface area (Å²) in [7, 11) is 3.02. The monoisotopic (exact) mass is 362 g/mol. The third-order valence-corrected chi connectivity index (χ3v) is 3.98. The fourth-order valence-corrected chi connectivity index (χ4v) is 2.56. The van der Waals surface area contributed by atoms with Gasteiger partial charge in [0.1, 0.15) is 5.75 Å². The van der Waals surface area contributed by atoms with Gasteiger partial charge in [-0.2, -0.15) is 0 Å². The number of esters is 1. The van der Waals surface area contributed by atoms with Crippen LogP contribution in [-0.2, 0) is 0 Å². The molecule has 5 nitrogen and oxygen atoms in total. The molecule has 136 valence electrons. The van der Waals surface area contributed by atoms with E-state index in [1.165, 1.54) is 14.2 Å². The molecule has 0 aliphatic carbocycles. The zero-order valence-electron chi connectivity index (χ0n) is 15.0. The number of ether oxygens (including phenoxy) is 3. The molecule has 0 saturated heterocycles. The van der Waals surface area contributed by atoms with Gasteiger partial charge in [-0.15, -0.1) is 0 Å². The van der Waals surface area contributed by atoms with Gasteiger partial charge in [-0.05, 0) is 42.5 Å². The highest BCUT2D eigenvalue weighted by atomic mass is 16.5. The van der Waals surface area contributed by atoms with Crippen LogP contribution in [0.5, 0.6) is 17.2 Å². The fourth-order valence-electron chi connectivity index (χ4n) is 2.56. The summed E-state index contributed by atoms with van der Waals surface area (Å²) in [5, 5.41) is 0. The van der Waals surface area contributed by atoms with Crippen LogP contribution in [-0.4, -0.2) is 26.0 Å². The third-order valence-electron chi connectivity index (χ3n) is 3.98. The first-order chi connectivity index (χ1) is 13.1. The summed E-state index contributed by atoms with van der Waals surface area (Å²) in [6.07, 6.45) is 0. The van der Waals surface area contributed by atoms with Gasteiger partial charge in [0.2, 0.25) is 0 Å². The Balaban J connectivity index is 1.73. The summed E-state index contributed by atoms with van der Waals surface area (Å²) >= 11 is 0. The number of ketones is 1. The molecule has 0 unspecified atom stereocenters. The van der Waals surface area contributed by atoms with E-state index in [-0.39, 0.29) is 5.78 Å². The number of hydrogen-bond donors (Lipinski definition) is 0. The molecule has 3 aromatic carbocycles. The Kier molecular flexibility index (Phi) is 5.52. The molecule has 0 fully saturated rings. The van der Waals surface area contributed by atoms with Crippen molar-refractivity contribution in [2.45, 2.75) is 0 Å². The molecule has 0 radical (unpaired) electrons. The lowest BCUT2D eigenvalue weighted by molar-refractivity contribution is 0.0734. The highest BCUT2D eigenvalue weighted by molar-refractivity contribution is 6.09. The standard InChI is InChI=1S/C22H18O5/c1-25-19-13-10-17(14-20(19)26-2)22(24)27-18-11-8-16(9-12-18)21(23)15-6-4-3-5-7-15/h3-14H,1-2H3. The molecule has 0 heterocycles. The highest BCUT2D eigenvalue weighted by Gasteiger charge is 2.14. The van der Waals surface area contributed by atoms with E-state index in [2.05, 4.69) is 0 Å². The molecule has 3 aromatic rings. The van der Waals surface area contributed by atoms with E-state index < -0.39 is 5.97 Å². The molecular formula is C22H18O5. The van der Waals surface area contributed by atoms with Gasteiger partial charge < -0.3 is 14.2 Å². The molecule has 5 heteroatoms. The Morgan fingerprint density at radius 1 is 0.667 bits per heavy atom. The van der Waals surface area contributed by atoms with Crippen LogP contribution in [0.1, 0.15) is 26.3 Å². The van der Waals surface area contributed by atoms with Crippen molar-refractivity contribution >= 4 is 11.8 Å². The number of benzene rings is 3. The average Bonchev–Trinajstić information content (AvgIpc) is 2.73. The van der Waals surface area contributed by atoms with Crippen LogP contribution in [0.2, 0.25) is 0 Å². The summed E-state index contributed by atoms with van der Waals surface area (Å²) < 4.78 is 15.7. The van der Waals surface area contributed by atoms with E-state index in [1.807, 2.05) is 18.2 Å². The number of carbonyl (C=O) groups excluding carboxylic acids is 2. The van der Waals surface area contributed by atoms with Crippen molar-refractivity contribution in [2.24, 2.45) is 0 Å². The molecule has 0 atom stereocenters. The van der Waals surface area contributed by atoms with Gasteiger partial charge in [0.25, 0.3) is 0 Å². The topological polar surface area (TPSA) is 61.8 Å². The van der Waals surface area contributed by atoms with Gasteiger partial charge >= 0.3 is 5.97 Å². The van der Waals surface area contributed by atoms with E-state index >= 15 is 0 Å². The van der Waals surface area contributed by atoms with Crippen LogP contribution in [0.25, 0.3) is 0 Å². The van der Waals surface area contributed by atoms with Crippen molar-refractivity contribution in [3.63, 3.8) is 0 Å². The molecule has 27 heavy (non-hydrogen) atoms. The van der Waals surface area contributed by atoms with Crippen molar-refractivity contribution < 1.29 is 23.8 Å². The van der Waals surface area contributed by atoms with E-state index in [0.717, 1.165) is 0 Å². The number of hydrogen-bond acceptors (Lipinski definition) is 5. The Labute approximate surface area is 157 Å². The average molecular weight is 362 g/mol. The molecule has 0 aliphatic rings. The van der Waals surface area contributed by atoms with Gasteiger partial charge in [0, 0.05) is 11.1 Å². The lowest BCUT2D eigenvalue weighted by Gasteiger charge is -2.09. The maximum Gasteiger partial charge on any atom is 0.343 e. The largest absolute Gasteiger partial charge is 0.493 e. The van der Waals surface area contributed by atoms with Gasteiger partial charge in [-0.3, -0.25) is 4.79 Å². The molecule has 0 N–H and O–H groups in total. The normalized spacial score (nSPS) is 10.1. The van der Waals surface area contributed by atoms with E-state index in [1.54, 1.807) is 54.6 Å². The van der Waals surface area contributed by atoms with Crippen LogP contribution in [0.15, 0.2) is 72.8 Å². The maximum atomic E-state index is 12.4. The minimum absolute atomic E-state index is 0.0895. The minimum Gasteiger partial charge on any atom is -0.493 e. The molecule has 0 spiro atoms. The lowest BCUT2D eigenvalue weighted by atomic mass is 10.0. The molecule has 3 rings (SSSR count). The summed E-state index contributed by atoms with van der Waals surface area (Å²) in [6, 6.07) is 20.2. The van der Waals surface area contributed by atoms with E-state index in [9.17, 15) is 9.59 Å². The van der Waals surface area contributed by atoms with Gasteiger partial charge in [-0.1, -0.05) is 30.3 Å². The molecule has 0 amide bonds. The first-order valence-electron chi connectivity index (χ1n) is 8.26. The second-order valence-electron chi connectivity index (χ2n) is 5.68. The Morgan fingerprint density at radius 2 is 1.26 bits per heavy atom. The summed E-state index contributed by atoms with van der Waals surface area (Å²) in [6.45, 7) is 0. The summed E-state index contributed by atoms with van der Waals surface area (Å²) in [5.74, 6) is 0.694. The number of methoxy groups -OCH3 is 2. The fraction of sp³-hybridized carbons (Fsp3) is 0.0909. The van der Waals surface area contributed by atoms with Gasteiger partial charge in [0.15, 0.2) is 17.3 Å². The minimum atomic E-state index is -0.530. The second kappa shape index (κ2) is 8.19. The third kappa shape index (κ3) is 4.15. The second-order valence-corrected chi connectivity index (χ2v) is 5.68. The van der Waals surface area contributed by atoms with Crippen molar-refractivity contribution in [2.75, 3.05) is 14.2 Å². The predicted octanol–water partition coefficient (Wildman–Crippen LogP) is 4.15. The Bertz CT molecular complexity index is 946.